The Morgan fingerprint density at radius 1 is 1.47 bits per heavy atom. The number of benzene rings is 1. The fourth-order valence-corrected chi connectivity index (χ4v) is 4.33. The van der Waals surface area contributed by atoms with Crippen LogP contribution in [0, 0.1) is 5.82 Å². The van der Waals surface area contributed by atoms with E-state index in [1.54, 1.807) is 0 Å². The van der Waals surface area contributed by atoms with E-state index in [-0.39, 0.29) is 13.0 Å². The summed E-state index contributed by atoms with van der Waals surface area (Å²) in [5.41, 5.74) is 0. The van der Waals surface area contributed by atoms with Crippen molar-refractivity contribution >= 4 is 31.9 Å². The molecule has 1 heterocycles. The number of hydrogen-bond donors (Lipinski definition) is 1. The molecule has 5 nitrogen and oxygen atoms in total. The van der Waals surface area contributed by atoms with Crippen LogP contribution in [0.2, 0.25) is 0 Å². The lowest BCUT2D eigenvalue weighted by molar-refractivity contribution is -0.140. The third-order valence-corrected chi connectivity index (χ3v) is 5.39. The standard InChI is InChI=1S/C11H11BrFNO4S/c12-7-3-4-8(13)10(6-7)19(17,18)14-5-1-2-9(14)11(15)16/h3-4,6,9H,1-2,5H2,(H,15,16)/t9-/m1/s1. The van der Waals surface area contributed by atoms with Gasteiger partial charge in [0.15, 0.2) is 0 Å². The third kappa shape index (κ3) is 2.65. The number of carboxylic acid groups (broad SMARTS) is 1. The Balaban J connectivity index is 2.48. The molecule has 1 saturated heterocycles. The van der Waals surface area contributed by atoms with Crippen molar-refractivity contribution in [3.05, 3.63) is 28.5 Å². The van der Waals surface area contributed by atoms with Gasteiger partial charge in [-0.2, -0.15) is 4.31 Å². The minimum atomic E-state index is -4.14. The van der Waals surface area contributed by atoms with Gasteiger partial charge in [0.2, 0.25) is 10.0 Å². The van der Waals surface area contributed by atoms with Crippen LogP contribution in [-0.2, 0) is 14.8 Å². The van der Waals surface area contributed by atoms with Crippen molar-refractivity contribution in [3.63, 3.8) is 0 Å². The lowest BCUT2D eigenvalue weighted by Gasteiger charge is -2.21. The van der Waals surface area contributed by atoms with E-state index in [0.717, 1.165) is 16.4 Å². The molecule has 0 saturated carbocycles. The summed E-state index contributed by atoms with van der Waals surface area (Å²) in [7, 11) is -4.14. The molecule has 0 bridgehead atoms. The number of carbonyl (C=O) groups is 1. The Bertz CT molecular complexity index is 619. The van der Waals surface area contributed by atoms with Crippen LogP contribution in [0.15, 0.2) is 27.6 Å². The van der Waals surface area contributed by atoms with Gasteiger partial charge in [-0.25, -0.2) is 12.8 Å². The van der Waals surface area contributed by atoms with E-state index >= 15 is 0 Å². The quantitative estimate of drug-likeness (QED) is 0.901. The first-order valence-corrected chi connectivity index (χ1v) is 7.77. The van der Waals surface area contributed by atoms with Crippen LogP contribution in [0.25, 0.3) is 0 Å². The molecule has 1 aromatic rings. The zero-order valence-corrected chi connectivity index (χ0v) is 12.1. The maximum atomic E-state index is 13.7. The molecule has 1 N–H and O–H groups in total. The summed E-state index contributed by atoms with van der Waals surface area (Å²) in [6.07, 6.45) is 0.690. The maximum Gasteiger partial charge on any atom is 0.322 e. The molecule has 0 radical (unpaired) electrons. The molecule has 19 heavy (non-hydrogen) atoms. The van der Waals surface area contributed by atoms with Crippen LogP contribution in [-0.4, -0.2) is 36.4 Å². The molecule has 1 atom stereocenters. The zero-order valence-electron chi connectivity index (χ0n) is 9.71. The molecule has 1 aromatic carbocycles. The van der Waals surface area contributed by atoms with E-state index in [2.05, 4.69) is 15.9 Å². The van der Waals surface area contributed by atoms with Gasteiger partial charge in [-0.15, -0.1) is 0 Å². The second kappa shape index (κ2) is 5.18. The van der Waals surface area contributed by atoms with Gasteiger partial charge in [0.25, 0.3) is 0 Å². The SMILES string of the molecule is O=C(O)[C@H]1CCCN1S(=O)(=O)c1cc(Br)ccc1F. The first-order chi connectivity index (χ1) is 8.84. The highest BCUT2D eigenvalue weighted by atomic mass is 79.9. The predicted octanol–water partition coefficient (Wildman–Crippen LogP) is 1.83. The molecule has 1 aliphatic rings. The molecule has 0 amide bonds. The molecule has 0 aliphatic carbocycles. The van der Waals surface area contributed by atoms with Crippen molar-refractivity contribution in [2.24, 2.45) is 0 Å². The zero-order chi connectivity index (χ0) is 14.2. The second-order valence-corrected chi connectivity index (χ2v) is 6.96. The molecule has 8 heteroatoms. The van der Waals surface area contributed by atoms with Crippen molar-refractivity contribution < 1.29 is 22.7 Å². The van der Waals surface area contributed by atoms with Crippen LogP contribution >= 0.6 is 15.9 Å². The fourth-order valence-electron chi connectivity index (χ4n) is 2.08. The Hall–Kier alpha value is -0.990. The van der Waals surface area contributed by atoms with Gasteiger partial charge in [-0.3, -0.25) is 4.79 Å². The summed E-state index contributed by atoms with van der Waals surface area (Å²) in [6.45, 7) is 0.0885. The smallest absolute Gasteiger partial charge is 0.322 e. The molecule has 2 rings (SSSR count). The fraction of sp³-hybridized carbons (Fsp3) is 0.364. The number of rotatable bonds is 3. The number of hydrogen-bond acceptors (Lipinski definition) is 3. The number of carboxylic acids is 1. The number of aliphatic carboxylic acids is 1. The average molecular weight is 352 g/mol. The molecular formula is C11H11BrFNO4S. The van der Waals surface area contributed by atoms with Crippen LogP contribution in [0.1, 0.15) is 12.8 Å². The highest BCUT2D eigenvalue weighted by Gasteiger charge is 2.40. The van der Waals surface area contributed by atoms with Crippen molar-refractivity contribution in [3.8, 4) is 0 Å². The van der Waals surface area contributed by atoms with Gasteiger partial charge in [0.05, 0.1) is 0 Å². The van der Waals surface area contributed by atoms with E-state index in [1.807, 2.05) is 0 Å². The summed E-state index contributed by atoms with van der Waals surface area (Å²) in [5, 5.41) is 9.01. The van der Waals surface area contributed by atoms with E-state index in [4.69, 9.17) is 5.11 Å². The summed E-state index contributed by atoms with van der Waals surface area (Å²) in [5.74, 6) is -2.10. The van der Waals surface area contributed by atoms with Crippen molar-refractivity contribution in [2.45, 2.75) is 23.8 Å². The van der Waals surface area contributed by atoms with E-state index in [1.165, 1.54) is 6.07 Å². The molecule has 0 unspecified atom stereocenters. The molecule has 104 valence electrons. The van der Waals surface area contributed by atoms with Crippen molar-refractivity contribution in [1.82, 2.24) is 4.31 Å². The predicted molar refractivity (Wildman–Crippen MR) is 68.6 cm³/mol. The van der Waals surface area contributed by atoms with Gasteiger partial charge in [0.1, 0.15) is 16.8 Å². The molecule has 1 fully saturated rings. The monoisotopic (exact) mass is 351 g/mol. The van der Waals surface area contributed by atoms with Crippen LogP contribution in [0.5, 0.6) is 0 Å². The van der Waals surface area contributed by atoms with Crippen molar-refractivity contribution in [2.75, 3.05) is 6.54 Å². The number of nitrogens with zero attached hydrogens (tertiary/aromatic N) is 1. The van der Waals surface area contributed by atoms with Gasteiger partial charge >= 0.3 is 5.97 Å². The maximum absolute atomic E-state index is 13.7. The lowest BCUT2D eigenvalue weighted by atomic mass is 10.2. The summed E-state index contributed by atoms with van der Waals surface area (Å²) >= 11 is 3.08. The van der Waals surface area contributed by atoms with Crippen LogP contribution in [0.4, 0.5) is 4.39 Å². The highest BCUT2D eigenvalue weighted by Crippen LogP contribution is 2.29. The Kier molecular flexibility index (Phi) is 3.93. The number of halogens is 2. The van der Waals surface area contributed by atoms with Crippen LogP contribution in [0.3, 0.4) is 0 Å². The molecule has 0 spiro atoms. The van der Waals surface area contributed by atoms with Gasteiger partial charge in [-0.05, 0) is 31.0 Å². The highest BCUT2D eigenvalue weighted by molar-refractivity contribution is 9.10. The summed E-state index contributed by atoms with van der Waals surface area (Å²) in [6, 6.07) is 2.43. The minimum Gasteiger partial charge on any atom is -0.480 e. The Morgan fingerprint density at radius 2 is 2.16 bits per heavy atom. The Labute approximate surface area is 118 Å². The first kappa shape index (κ1) is 14.4. The topological polar surface area (TPSA) is 74.7 Å². The minimum absolute atomic E-state index is 0.0885. The average Bonchev–Trinajstić information content (AvgIpc) is 2.82. The van der Waals surface area contributed by atoms with Crippen molar-refractivity contribution in [1.29, 1.82) is 0 Å². The van der Waals surface area contributed by atoms with Gasteiger partial charge in [-0.1, -0.05) is 15.9 Å². The van der Waals surface area contributed by atoms with Gasteiger partial charge < -0.3 is 5.11 Å². The number of sulfonamides is 1. The largest absolute Gasteiger partial charge is 0.480 e. The molecular weight excluding hydrogens is 341 g/mol. The van der Waals surface area contributed by atoms with E-state index in [0.29, 0.717) is 10.9 Å². The second-order valence-electron chi connectivity index (χ2n) is 4.19. The molecule has 0 aromatic heterocycles. The van der Waals surface area contributed by atoms with Gasteiger partial charge in [0, 0.05) is 11.0 Å². The van der Waals surface area contributed by atoms with E-state index < -0.39 is 32.7 Å². The normalized spacial score (nSPS) is 20.6. The lowest BCUT2D eigenvalue weighted by Crippen LogP contribution is -2.40. The third-order valence-electron chi connectivity index (χ3n) is 2.97. The molecule has 1 aliphatic heterocycles. The van der Waals surface area contributed by atoms with E-state index in [9.17, 15) is 17.6 Å². The Morgan fingerprint density at radius 3 is 2.79 bits per heavy atom. The first-order valence-electron chi connectivity index (χ1n) is 5.54. The van der Waals surface area contributed by atoms with Crippen LogP contribution < -0.4 is 0 Å². The summed E-state index contributed by atoms with van der Waals surface area (Å²) in [4.78, 5) is 10.5. The summed E-state index contributed by atoms with van der Waals surface area (Å²) < 4.78 is 39.6.